The average Bonchev–Trinajstić information content (AvgIpc) is 2.58. The van der Waals surface area contributed by atoms with Crippen LogP contribution < -0.4 is 4.90 Å². The third kappa shape index (κ3) is 5.27. The molecule has 1 aliphatic rings. The van der Waals surface area contributed by atoms with Crippen LogP contribution in [0.15, 0.2) is 18.2 Å². The predicted molar refractivity (Wildman–Crippen MR) is 92.8 cm³/mol. The highest BCUT2D eigenvalue weighted by molar-refractivity contribution is 5.90. The van der Waals surface area contributed by atoms with Gasteiger partial charge in [0.05, 0.1) is 18.2 Å². The van der Waals surface area contributed by atoms with E-state index in [-0.39, 0.29) is 37.4 Å². The van der Waals surface area contributed by atoms with Gasteiger partial charge in [-0.1, -0.05) is 0 Å². The first kappa shape index (κ1) is 20.9. The van der Waals surface area contributed by atoms with Gasteiger partial charge in [-0.15, -0.1) is 0 Å². The van der Waals surface area contributed by atoms with Gasteiger partial charge < -0.3 is 19.3 Å². The maximum atomic E-state index is 13.5. The summed E-state index contributed by atoms with van der Waals surface area (Å²) in [5.41, 5.74) is -1.74. The lowest BCUT2D eigenvalue weighted by atomic mass is 10.1. The molecule has 0 N–H and O–H groups in total. The van der Waals surface area contributed by atoms with Crippen molar-refractivity contribution in [3.63, 3.8) is 0 Å². The molecule has 27 heavy (non-hydrogen) atoms. The fraction of sp³-hybridized carbons (Fsp3) is 0.556. The molecule has 0 bridgehead atoms. The Morgan fingerprint density at radius 3 is 2.11 bits per heavy atom. The van der Waals surface area contributed by atoms with Crippen LogP contribution in [0.4, 0.5) is 23.7 Å². The molecule has 0 aromatic heterocycles. The zero-order valence-corrected chi connectivity index (χ0v) is 15.7. The second-order valence-corrected chi connectivity index (χ2v) is 7.18. The van der Waals surface area contributed by atoms with Crippen LogP contribution in [0.3, 0.4) is 0 Å². The van der Waals surface area contributed by atoms with Crippen molar-refractivity contribution in [3.05, 3.63) is 29.3 Å². The smallest absolute Gasteiger partial charge is 0.418 e. The first-order valence-electron chi connectivity index (χ1n) is 8.45. The highest BCUT2D eigenvalue weighted by atomic mass is 19.4. The Bertz CT molecular complexity index is 706. The molecule has 1 aromatic carbocycles. The standard InChI is InChI=1S/C18H23F3N2O4/c1-17(2,3)27-16(25)23-9-7-22(8-10-23)14-6-5-12(15(24)26-4)11-13(14)18(19,20)21/h5-6,11H,7-10H2,1-4H3. The van der Waals surface area contributed by atoms with Crippen molar-refractivity contribution in [2.75, 3.05) is 38.2 Å². The number of piperazine rings is 1. The third-order valence-corrected chi connectivity index (χ3v) is 4.00. The minimum atomic E-state index is -4.62. The van der Waals surface area contributed by atoms with Crippen LogP contribution >= 0.6 is 0 Å². The Labute approximate surface area is 155 Å². The number of rotatable bonds is 2. The van der Waals surface area contributed by atoms with Crippen LogP contribution in [0.5, 0.6) is 0 Å². The van der Waals surface area contributed by atoms with Crippen molar-refractivity contribution in [2.24, 2.45) is 0 Å². The van der Waals surface area contributed by atoms with Gasteiger partial charge in [-0.3, -0.25) is 0 Å². The van der Waals surface area contributed by atoms with Crippen LogP contribution in [0.2, 0.25) is 0 Å². The lowest BCUT2D eigenvalue weighted by Crippen LogP contribution is -2.50. The van der Waals surface area contributed by atoms with E-state index in [1.54, 1.807) is 25.7 Å². The number of amides is 1. The van der Waals surface area contributed by atoms with Crippen LogP contribution in [-0.2, 0) is 15.7 Å². The lowest BCUT2D eigenvalue weighted by molar-refractivity contribution is -0.137. The summed E-state index contributed by atoms with van der Waals surface area (Å²) >= 11 is 0. The Morgan fingerprint density at radius 2 is 1.63 bits per heavy atom. The van der Waals surface area contributed by atoms with E-state index in [0.717, 1.165) is 13.2 Å². The summed E-state index contributed by atoms with van der Waals surface area (Å²) in [6.07, 6.45) is -5.11. The molecule has 1 amide bonds. The second kappa shape index (κ2) is 7.66. The molecule has 6 nitrogen and oxygen atoms in total. The number of anilines is 1. The van der Waals surface area contributed by atoms with Crippen molar-refractivity contribution in [1.29, 1.82) is 0 Å². The van der Waals surface area contributed by atoms with Gasteiger partial charge in [0.2, 0.25) is 0 Å². The van der Waals surface area contributed by atoms with E-state index in [0.29, 0.717) is 0 Å². The number of methoxy groups -OCH3 is 1. The average molecular weight is 388 g/mol. The molecule has 1 fully saturated rings. The lowest BCUT2D eigenvalue weighted by Gasteiger charge is -2.37. The summed E-state index contributed by atoms with van der Waals surface area (Å²) < 4.78 is 50.2. The Balaban J connectivity index is 2.18. The maximum absolute atomic E-state index is 13.5. The molecule has 0 unspecified atom stereocenters. The molecular formula is C18H23F3N2O4. The summed E-state index contributed by atoms with van der Waals surface area (Å²) in [7, 11) is 1.11. The third-order valence-electron chi connectivity index (χ3n) is 4.00. The van der Waals surface area contributed by atoms with E-state index in [1.165, 1.54) is 17.0 Å². The molecule has 1 aliphatic heterocycles. The SMILES string of the molecule is COC(=O)c1ccc(N2CCN(C(=O)OC(C)(C)C)CC2)c(C(F)(F)F)c1. The number of alkyl halides is 3. The molecule has 1 saturated heterocycles. The minimum Gasteiger partial charge on any atom is -0.465 e. The molecule has 1 aromatic rings. The summed E-state index contributed by atoms with van der Waals surface area (Å²) in [6, 6.07) is 3.36. The van der Waals surface area contributed by atoms with Gasteiger partial charge in [0.1, 0.15) is 5.60 Å². The fourth-order valence-corrected chi connectivity index (χ4v) is 2.74. The fourth-order valence-electron chi connectivity index (χ4n) is 2.74. The number of benzene rings is 1. The van der Waals surface area contributed by atoms with E-state index >= 15 is 0 Å². The van der Waals surface area contributed by atoms with Gasteiger partial charge in [-0.25, -0.2) is 9.59 Å². The van der Waals surface area contributed by atoms with Crippen molar-refractivity contribution < 1.29 is 32.2 Å². The largest absolute Gasteiger partial charge is 0.465 e. The molecule has 150 valence electrons. The number of carbonyl (C=O) groups is 2. The van der Waals surface area contributed by atoms with Crippen LogP contribution in [-0.4, -0.2) is 55.9 Å². The molecule has 0 saturated carbocycles. The molecular weight excluding hydrogens is 365 g/mol. The summed E-state index contributed by atoms with van der Waals surface area (Å²) in [6.45, 7) is 6.18. The van der Waals surface area contributed by atoms with E-state index in [4.69, 9.17) is 4.74 Å². The minimum absolute atomic E-state index is 0.0287. The zero-order valence-electron chi connectivity index (χ0n) is 15.7. The maximum Gasteiger partial charge on any atom is 0.418 e. The van der Waals surface area contributed by atoms with Crippen molar-refractivity contribution in [2.45, 2.75) is 32.5 Å². The van der Waals surface area contributed by atoms with Crippen molar-refractivity contribution in [3.8, 4) is 0 Å². The second-order valence-electron chi connectivity index (χ2n) is 7.18. The summed E-state index contributed by atoms with van der Waals surface area (Å²) in [4.78, 5) is 26.7. The molecule has 1 heterocycles. The van der Waals surface area contributed by atoms with E-state index in [2.05, 4.69) is 4.74 Å². The van der Waals surface area contributed by atoms with Crippen molar-refractivity contribution in [1.82, 2.24) is 4.90 Å². The number of carbonyl (C=O) groups excluding carboxylic acids is 2. The predicted octanol–water partition coefficient (Wildman–Crippen LogP) is 3.55. The quantitative estimate of drug-likeness (QED) is 0.726. The van der Waals surface area contributed by atoms with Crippen LogP contribution in [0.25, 0.3) is 0 Å². The van der Waals surface area contributed by atoms with Gasteiger partial charge in [0.25, 0.3) is 0 Å². The Morgan fingerprint density at radius 1 is 1.04 bits per heavy atom. The Hall–Kier alpha value is -2.45. The van der Waals surface area contributed by atoms with E-state index in [9.17, 15) is 22.8 Å². The van der Waals surface area contributed by atoms with Crippen LogP contribution in [0.1, 0.15) is 36.7 Å². The molecule has 0 aliphatic carbocycles. The number of hydrogen-bond donors (Lipinski definition) is 0. The number of ether oxygens (including phenoxy) is 2. The van der Waals surface area contributed by atoms with Crippen LogP contribution in [0, 0.1) is 0 Å². The summed E-state index contributed by atoms with van der Waals surface area (Å²) in [5, 5.41) is 0. The number of halogens is 3. The molecule has 0 atom stereocenters. The van der Waals surface area contributed by atoms with E-state index in [1.807, 2.05) is 0 Å². The normalized spacial score (nSPS) is 15.5. The van der Waals surface area contributed by atoms with E-state index < -0.39 is 29.4 Å². The molecule has 2 rings (SSSR count). The van der Waals surface area contributed by atoms with Gasteiger partial charge in [0.15, 0.2) is 0 Å². The van der Waals surface area contributed by atoms with Gasteiger partial charge in [0, 0.05) is 31.9 Å². The zero-order chi connectivity index (χ0) is 20.4. The van der Waals surface area contributed by atoms with Crippen molar-refractivity contribution >= 4 is 17.7 Å². The van der Waals surface area contributed by atoms with Gasteiger partial charge >= 0.3 is 18.2 Å². The summed E-state index contributed by atoms with van der Waals surface area (Å²) in [5.74, 6) is -0.832. The number of hydrogen-bond acceptors (Lipinski definition) is 5. The number of esters is 1. The van der Waals surface area contributed by atoms with Gasteiger partial charge in [-0.05, 0) is 39.0 Å². The number of nitrogens with zero attached hydrogens (tertiary/aromatic N) is 2. The monoisotopic (exact) mass is 388 g/mol. The highest BCUT2D eigenvalue weighted by Gasteiger charge is 2.37. The topological polar surface area (TPSA) is 59.1 Å². The molecule has 0 radical (unpaired) electrons. The van der Waals surface area contributed by atoms with Gasteiger partial charge in [-0.2, -0.15) is 13.2 Å². The first-order valence-corrected chi connectivity index (χ1v) is 8.45. The Kier molecular flexibility index (Phi) is 5.91. The molecule has 0 spiro atoms. The first-order chi connectivity index (χ1) is 12.4. The highest BCUT2D eigenvalue weighted by Crippen LogP contribution is 2.37. The molecule has 9 heteroatoms.